The number of nitrogens with one attached hydrogen (secondary N) is 1. The van der Waals surface area contributed by atoms with Crippen molar-refractivity contribution in [1.29, 1.82) is 0 Å². The maximum absolute atomic E-state index is 11.4. The summed E-state index contributed by atoms with van der Waals surface area (Å²) >= 11 is 6.15. The molecule has 0 aliphatic heterocycles. The molecule has 8 heteroatoms. The zero-order chi connectivity index (χ0) is 16.4. The van der Waals surface area contributed by atoms with Crippen LogP contribution in [0.2, 0.25) is 5.02 Å². The van der Waals surface area contributed by atoms with Crippen LogP contribution in [0, 0.1) is 0 Å². The number of aromatic carboxylic acids is 1. The third kappa shape index (κ3) is 3.14. The number of carboxylic acid groups (broad SMARTS) is 1. The first-order chi connectivity index (χ1) is 11.0. The maximum Gasteiger partial charge on any atom is 0.336 e. The first-order valence-electron chi connectivity index (χ1n) is 6.65. The van der Waals surface area contributed by atoms with Crippen molar-refractivity contribution in [3.8, 4) is 11.3 Å². The molecule has 0 fully saturated rings. The molecule has 0 spiro atoms. The van der Waals surface area contributed by atoms with E-state index in [0.29, 0.717) is 22.9 Å². The summed E-state index contributed by atoms with van der Waals surface area (Å²) in [6, 6.07) is 6.54. The summed E-state index contributed by atoms with van der Waals surface area (Å²) < 4.78 is 1.64. The fourth-order valence-electron chi connectivity index (χ4n) is 2.11. The van der Waals surface area contributed by atoms with Crippen LogP contribution in [0.5, 0.6) is 0 Å². The van der Waals surface area contributed by atoms with E-state index in [1.165, 1.54) is 12.3 Å². The zero-order valence-corrected chi connectivity index (χ0v) is 12.8. The predicted octanol–water partition coefficient (Wildman–Crippen LogP) is 2.97. The van der Waals surface area contributed by atoms with E-state index >= 15 is 0 Å². The number of hydrogen-bond donors (Lipinski definition) is 2. The molecule has 2 N–H and O–H groups in total. The van der Waals surface area contributed by atoms with Crippen molar-refractivity contribution in [1.82, 2.24) is 19.7 Å². The highest BCUT2D eigenvalue weighted by molar-refractivity contribution is 6.33. The number of carbonyl (C=O) groups is 1. The summed E-state index contributed by atoms with van der Waals surface area (Å²) in [5.74, 6) is -0.741. The van der Waals surface area contributed by atoms with Crippen LogP contribution in [-0.2, 0) is 7.05 Å². The molecule has 2 aromatic heterocycles. The average molecular weight is 330 g/mol. The lowest BCUT2D eigenvalue weighted by Gasteiger charge is -2.09. The molecule has 7 nitrogen and oxygen atoms in total. The highest BCUT2D eigenvalue weighted by atomic mass is 35.5. The minimum absolute atomic E-state index is 0.125. The van der Waals surface area contributed by atoms with Crippen molar-refractivity contribution in [2.24, 2.45) is 7.05 Å². The molecule has 0 aliphatic rings. The van der Waals surface area contributed by atoms with Gasteiger partial charge in [-0.25, -0.2) is 14.8 Å². The van der Waals surface area contributed by atoms with Crippen LogP contribution in [0.3, 0.4) is 0 Å². The SMILES string of the molecule is Cn1cc(Nc2ncc(Cl)c(-c3ccccc3C(=O)O)n2)cn1. The summed E-state index contributed by atoms with van der Waals surface area (Å²) in [7, 11) is 1.79. The number of aryl methyl sites for hydroxylation is 1. The zero-order valence-electron chi connectivity index (χ0n) is 12.1. The van der Waals surface area contributed by atoms with Gasteiger partial charge in [-0.3, -0.25) is 4.68 Å². The van der Waals surface area contributed by atoms with Gasteiger partial charge in [0.05, 0.1) is 34.4 Å². The van der Waals surface area contributed by atoms with Gasteiger partial charge in [-0.1, -0.05) is 29.8 Å². The van der Waals surface area contributed by atoms with Crippen LogP contribution < -0.4 is 5.32 Å². The normalized spacial score (nSPS) is 10.5. The van der Waals surface area contributed by atoms with Gasteiger partial charge in [0.2, 0.25) is 5.95 Å². The molecule has 0 bridgehead atoms. The molecular formula is C15H12ClN5O2. The van der Waals surface area contributed by atoms with Crippen molar-refractivity contribution < 1.29 is 9.90 Å². The molecule has 1 aromatic carbocycles. The number of aromatic nitrogens is 4. The van der Waals surface area contributed by atoms with Crippen molar-refractivity contribution in [3.63, 3.8) is 0 Å². The molecule has 3 aromatic rings. The van der Waals surface area contributed by atoms with Gasteiger partial charge in [0.25, 0.3) is 0 Å². The summed E-state index contributed by atoms with van der Waals surface area (Å²) in [6.07, 6.45) is 4.83. The Labute approximate surface area is 136 Å². The van der Waals surface area contributed by atoms with E-state index in [4.69, 9.17) is 11.6 Å². The monoisotopic (exact) mass is 329 g/mol. The molecule has 0 aliphatic carbocycles. The third-order valence-electron chi connectivity index (χ3n) is 3.12. The Hall–Kier alpha value is -2.93. The Balaban J connectivity index is 2.03. The van der Waals surface area contributed by atoms with Gasteiger partial charge < -0.3 is 10.4 Å². The Morgan fingerprint density at radius 1 is 1.30 bits per heavy atom. The number of nitrogens with zero attached hydrogens (tertiary/aromatic N) is 4. The third-order valence-corrected chi connectivity index (χ3v) is 3.39. The van der Waals surface area contributed by atoms with Crippen molar-refractivity contribution in [3.05, 3.63) is 53.4 Å². The molecular weight excluding hydrogens is 318 g/mol. The number of rotatable bonds is 4. The van der Waals surface area contributed by atoms with Gasteiger partial charge in [0.15, 0.2) is 0 Å². The number of hydrogen-bond acceptors (Lipinski definition) is 5. The van der Waals surface area contributed by atoms with Crippen LogP contribution in [0.25, 0.3) is 11.3 Å². The number of anilines is 2. The molecule has 0 saturated heterocycles. The molecule has 116 valence electrons. The van der Waals surface area contributed by atoms with Crippen molar-refractivity contribution >= 4 is 29.2 Å². The molecule has 2 heterocycles. The predicted molar refractivity (Wildman–Crippen MR) is 85.9 cm³/mol. The Bertz CT molecular complexity index is 878. The quantitative estimate of drug-likeness (QED) is 0.764. The van der Waals surface area contributed by atoms with E-state index in [2.05, 4.69) is 20.4 Å². The summed E-state index contributed by atoms with van der Waals surface area (Å²) in [5.41, 5.74) is 1.63. The van der Waals surface area contributed by atoms with Crippen LogP contribution in [0.1, 0.15) is 10.4 Å². The number of benzene rings is 1. The first kappa shape index (κ1) is 15.0. The summed E-state index contributed by atoms with van der Waals surface area (Å²) in [5, 5.41) is 16.6. The van der Waals surface area contributed by atoms with Crippen LogP contribution >= 0.6 is 11.6 Å². The van der Waals surface area contributed by atoms with Gasteiger partial charge in [-0.15, -0.1) is 0 Å². The van der Waals surface area contributed by atoms with E-state index < -0.39 is 5.97 Å². The highest BCUT2D eigenvalue weighted by Gasteiger charge is 2.16. The molecule has 0 atom stereocenters. The number of halogens is 1. The van der Waals surface area contributed by atoms with Crippen LogP contribution in [0.4, 0.5) is 11.6 Å². The van der Waals surface area contributed by atoms with Crippen LogP contribution in [-0.4, -0.2) is 30.8 Å². The van der Waals surface area contributed by atoms with E-state index in [0.717, 1.165) is 0 Å². The lowest BCUT2D eigenvalue weighted by atomic mass is 10.0. The highest BCUT2D eigenvalue weighted by Crippen LogP contribution is 2.29. The Morgan fingerprint density at radius 3 is 2.78 bits per heavy atom. The van der Waals surface area contributed by atoms with Gasteiger partial charge >= 0.3 is 5.97 Å². The molecule has 0 saturated carbocycles. The summed E-state index contributed by atoms with van der Waals surface area (Å²) in [6.45, 7) is 0. The topological polar surface area (TPSA) is 92.9 Å². The minimum atomic E-state index is -1.04. The van der Waals surface area contributed by atoms with Gasteiger partial charge in [-0.2, -0.15) is 5.10 Å². The lowest BCUT2D eigenvalue weighted by molar-refractivity contribution is 0.0697. The Kier molecular flexibility index (Phi) is 3.94. The van der Waals surface area contributed by atoms with Crippen LogP contribution in [0.15, 0.2) is 42.9 Å². The fraction of sp³-hybridized carbons (Fsp3) is 0.0667. The van der Waals surface area contributed by atoms with E-state index in [1.807, 2.05) is 0 Å². The smallest absolute Gasteiger partial charge is 0.336 e. The second kappa shape index (κ2) is 6.05. The summed E-state index contributed by atoms with van der Waals surface area (Å²) in [4.78, 5) is 19.8. The van der Waals surface area contributed by atoms with Gasteiger partial charge in [0.1, 0.15) is 0 Å². The largest absolute Gasteiger partial charge is 0.478 e. The fourth-order valence-corrected chi connectivity index (χ4v) is 2.30. The van der Waals surface area contributed by atoms with E-state index in [9.17, 15) is 9.90 Å². The van der Waals surface area contributed by atoms with Crippen molar-refractivity contribution in [2.45, 2.75) is 0 Å². The Morgan fingerprint density at radius 2 is 2.09 bits per heavy atom. The minimum Gasteiger partial charge on any atom is -0.478 e. The molecule has 0 radical (unpaired) electrons. The molecule has 0 amide bonds. The second-order valence-electron chi connectivity index (χ2n) is 4.77. The molecule has 3 rings (SSSR count). The second-order valence-corrected chi connectivity index (χ2v) is 5.18. The van der Waals surface area contributed by atoms with Crippen molar-refractivity contribution in [2.75, 3.05) is 5.32 Å². The van der Waals surface area contributed by atoms with E-state index in [-0.39, 0.29) is 10.6 Å². The number of carboxylic acids is 1. The van der Waals surface area contributed by atoms with Gasteiger partial charge in [0, 0.05) is 18.8 Å². The van der Waals surface area contributed by atoms with Gasteiger partial charge in [-0.05, 0) is 6.07 Å². The molecule has 0 unspecified atom stereocenters. The lowest BCUT2D eigenvalue weighted by Crippen LogP contribution is -2.03. The standard InChI is InChI=1S/C15H12ClN5O2/c1-21-8-9(6-18-21)19-15-17-7-12(16)13(20-15)10-4-2-3-5-11(10)14(22)23/h2-8H,1H3,(H,22,23)(H,17,19,20). The average Bonchev–Trinajstić information content (AvgIpc) is 2.94. The maximum atomic E-state index is 11.4. The van der Waals surface area contributed by atoms with E-state index in [1.54, 1.807) is 42.3 Å². The molecule has 23 heavy (non-hydrogen) atoms. The first-order valence-corrected chi connectivity index (χ1v) is 7.03.